The Morgan fingerprint density at radius 2 is 1.45 bits per heavy atom. The molecule has 1 aliphatic carbocycles. The van der Waals surface area contributed by atoms with Crippen molar-refractivity contribution in [3.63, 3.8) is 0 Å². The van der Waals surface area contributed by atoms with E-state index in [0.717, 1.165) is 12.2 Å². The van der Waals surface area contributed by atoms with Gasteiger partial charge >= 0.3 is 0 Å². The summed E-state index contributed by atoms with van der Waals surface area (Å²) in [4.78, 5) is 0. The summed E-state index contributed by atoms with van der Waals surface area (Å²) in [7, 11) is 0. The second-order valence-electron chi connectivity index (χ2n) is 6.25. The molecule has 0 radical (unpaired) electrons. The Morgan fingerprint density at radius 1 is 0.800 bits per heavy atom. The lowest BCUT2D eigenvalue weighted by atomic mass is 9.96. The topological polar surface area (TPSA) is 13.1 Å². The average molecular weight is 268 g/mol. The van der Waals surface area contributed by atoms with E-state index < -0.39 is 0 Å². The fourth-order valence-electron chi connectivity index (χ4n) is 3.54. The third-order valence-electron chi connectivity index (χ3n) is 4.42. The first kappa shape index (κ1) is 13.5. The normalized spacial score (nSPS) is 15.6. The molecule has 0 saturated carbocycles. The molecule has 2 aromatic rings. The molecule has 0 amide bonds. The zero-order valence-corrected chi connectivity index (χ0v) is 12.9. The molecule has 0 spiro atoms. The summed E-state index contributed by atoms with van der Waals surface area (Å²) in [5.74, 6) is 2.31. The maximum Gasteiger partial charge on any atom is 0.135 e. The Labute approximate surface area is 122 Å². The van der Waals surface area contributed by atoms with Crippen LogP contribution < -0.4 is 0 Å². The molecule has 0 bridgehead atoms. The van der Waals surface area contributed by atoms with Crippen molar-refractivity contribution in [3.8, 4) is 11.3 Å². The highest BCUT2D eigenvalue weighted by Gasteiger charge is 2.16. The van der Waals surface area contributed by atoms with Crippen molar-refractivity contribution in [2.45, 2.75) is 59.3 Å². The second-order valence-corrected chi connectivity index (χ2v) is 6.25. The van der Waals surface area contributed by atoms with E-state index in [1.165, 1.54) is 65.7 Å². The lowest BCUT2D eigenvalue weighted by Crippen LogP contribution is -1.95. The molecule has 1 nitrogen and oxygen atoms in total. The summed E-state index contributed by atoms with van der Waals surface area (Å²) in [6, 6.07) is 6.80. The van der Waals surface area contributed by atoms with Crippen LogP contribution in [-0.2, 0) is 12.8 Å². The van der Waals surface area contributed by atoms with Crippen molar-refractivity contribution in [2.75, 3.05) is 0 Å². The molecule has 1 aromatic heterocycles. The number of rotatable bonds is 1. The van der Waals surface area contributed by atoms with Gasteiger partial charge in [0.05, 0.1) is 0 Å². The van der Waals surface area contributed by atoms with E-state index in [1.807, 2.05) is 0 Å². The Bertz CT molecular complexity index is 570. The fourth-order valence-corrected chi connectivity index (χ4v) is 3.54. The minimum absolute atomic E-state index is 1.08. The summed E-state index contributed by atoms with van der Waals surface area (Å²) in [5, 5.41) is 0. The van der Waals surface area contributed by atoms with Crippen molar-refractivity contribution in [2.24, 2.45) is 0 Å². The Hall–Kier alpha value is -1.50. The van der Waals surface area contributed by atoms with Crippen LogP contribution in [0.5, 0.6) is 0 Å². The van der Waals surface area contributed by atoms with Gasteiger partial charge in [0, 0.05) is 12.0 Å². The van der Waals surface area contributed by atoms with Crippen LogP contribution in [0.1, 0.15) is 53.7 Å². The Balaban J connectivity index is 2.05. The lowest BCUT2D eigenvalue weighted by Gasteiger charge is -2.09. The third kappa shape index (κ3) is 2.54. The van der Waals surface area contributed by atoms with E-state index in [2.05, 4.69) is 39.0 Å². The summed E-state index contributed by atoms with van der Waals surface area (Å²) in [6.07, 6.45) is 7.58. The van der Waals surface area contributed by atoms with Crippen molar-refractivity contribution >= 4 is 0 Å². The van der Waals surface area contributed by atoms with Crippen molar-refractivity contribution in [3.05, 3.63) is 46.2 Å². The van der Waals surface area contributed by atoms with E-state index in [1.54, 1.807) is 0 Å². The SMILES string of the molecule is Cc1cc(C)c(-c2cc3c(o2)CCCCCC3)c(C)c1. The van der Waals surface area contributed by atoms with E-state index in [9.17, 15) is 0 Å². The van der Waals surface area contributed by atoms with Gasteiger partial charge in [-0.15, -0.1) is 0 Å². The van der Waals surface area contributed by atoms with Crippen LogP contribution in [0.3, 0.4) is 0 Å². The van der Waals surface area contributed by atoms with Gasteiger partial charge in [0.2, 0.25) is 0 Å². The quantitative estimate of drug-likeness (QED) is 0.662. The molecule has 3 rings (SSSR count). The molecule has 0 saturated heterocycles. The van der Waals surface area contributed by atoms with Gasteiger partial charge in [0.15, 0.2) is 0 Å². The molecular weight excluding hydrogens is 244 g/mol. The van der Waals surface area contributed by atoms with Crippen LogP contribution in [0.2, 0.25) is 0 Å². The largest absolute Gasteiger partial charge is 0.461 e. The van der Waals surface area contributed by atoms with Crippen LogP contribution in [0.15, 0.2) is 22.6 Å². The van der Waals surface area contributed by atoms with Crippen molar-refractivity contribution < 1.29 is 4.42 Å². The van der Waals surface area contributed by atoms with Gasteiger partial charge in [-0.1, -0.05) is 30.5 Å². The minimum atomic E-state index is 1.08. The molecule has 1 heteroatoms. The zero-order chi connectivity index (χ0) is 14.1. The summed E-state index contributed by atoms with van der Waals surface area (Å²) in [6.45, 7) is 6.54. The first-order valence-electron chi connectivity index (χ1n) is 7.85. The third-order valence-corrected chi connectivity index (χ3v) is 4.42. The zero-order valence-electron chi connectivity index (χ0n) is 12.9. The molecule has 0 unspecified atom stereocenters. The highest BCUT2D eigenvalue weighted by molar-refractivity contribution is 5.68. The number of benzene rings is 1. The van der Waals surface area contributed by atoms with Gasteiger partial charge in [0.25, 0.3) is 0 Å². The van der Waals surface area contributed by atoms with Crippen LogP contribution in [0, 0.1) is 20.8 Å². The number of fused-ring (bicyclic) bond motifs is 1. The average Bonchev–Trinajstić information content (AvgIpc) is 2.70. The minimum Gasteiger partial charge on any atom is -0.461 e. The number of furan rings is 1. The molecule has 1 aromatic carbocycles. The predicted octanol–water partition coefficient (Wildman–Crippen LogP) is 5.53. The lowest BCUT2D eigenvalue weighted by molar-refractivity contribution is 0.487. The Kier molecular flexibility index (Phi) is 3.69. The van der Waals surface area contributed by atoms with E-state index in [0.29, 0.717) is 0 Å². The van der Waals surface area contributed by atoms with Crippen LogP contribution in [-0.4, -0.2) is 0 Å². The standard InChI is InChI=1S/C19H24O/c1-13-10-14(2)19(15(3)11-13)18-12-16-8-6-4-5-7-9-17(16)20-18/h10-12H,4-9H2,1-3H3. The molecule has 0 aliphatic heterocycles. The van der Waals surface area contributed by atoms with Gasteiger partial charge in [-0.2, -0.15) is 0 Å². The number of hydrogen-bond donors (Lipinski definition) is 0. The summed E-state index contributed by atoms with van der Waals surface area (Å²) < 4.78 is 6.23. The van der Waals surface area contributed by atoms with Crippen LogP contribution in [0.4, 0.5) is 0 Å². The molecule has 20 heavy (non-hydrogen) atoms. The van der Waals surface area contributed by atoms with Crippen molar-refractivity contribution in [1.82, 2.24) is 0 Å². The molecule has 1 heterocycles. The van der Waals surface area contributed by atoms with Gasteiger partial charge in [-0.25, -0.2) is 0 Å². The summed E-state index contributed by atoms with van der Waals surface area (Å²) in [5.41, 5.74) is 6.71. The van der Waals surface area contributed by atoms with Gasteiger partial charge in [-0.05, 0) is 62.8 Å². The highest BCUT2D eigenvalue weighted by atomic mass is 16.3. The van der Waals surface area contributed by atoms with E-state index >= 15 is 0 Å². The number of hydrogen-bond acceptors (Lipinski definition) is 1. The van der Waals surface area contributed by atoms with Crippen LogP contribution in [0.25, 0.3) is 11.3 Å². The Morgan fingerprint density at radius 3 is 2.15 bits per heavy atom. The van der Waals surface area contributed by atoms with Gasteiger partial charge < -0.3 is 4.42 Å². The van der Waals surface area contributed by atoms with E-state index in [-0.39, 0.29) is 0 Å². The van der Waals surface area contributed by atoms with E-state index in [4.69, 9.17) is 4.42 Å². The monoisotopic (exact) mass is 268 g/mol. The first-order valence-corrected chi connectivity index (χ1v) is 7.85. The fraction of sp³-hybridized carbons (Fsp3) is 0.474. The molecule has 106 valence electrons. The summed E-state index contributed by atoms with van der Waals surface area (Å²) >= 11 is 0. The smallest absolute Gasteiger partial charge is 0.135 e. The molecule has 0 atom stereocenters. The highest BCUT2D eigenvalue weighted by Crippen LogP contribution is 2.33. The maximum atomic E-state index is 6.23. The number of aryl methyl sites for hydroxylation is 5. The maximum absolute atomic E-state index is 6.23. The molecule has 1 aliphatic rings. The van der Waals surface area contributed by atoms with Crippen molar-refractivity contribution in [1.29, 1.82) is 0 Å². The van der Waals surface area contributed by atoms with Gasteiger partial charge in [-0.3, -0.25) is 0 Å². The molecule has 0 N–H and O–H groups in total. The van der Waals surface area contributed by atoms with Crippen LogP contribution >= 0.6 is 0 Å². The predicted molar refractivity (Wildman–Crippen MR) is 84.2 cm³/mol. The molecule has 0 fully saturated rings. The molecular formula is C19H24O. The first-order chi connectivity index (χ1) is 9.65. The van der Waals surface area contributed by atoms with Gasteiger partial charge in [0.1, 0.15) is 11.5 Å². The second kappa shape index (κ2) is 5.47.